The highest BCUT2D eigenvalue weighted by Crippen LogP contribution is 2.24. The Bertz CT molecular complexity index is 450. The van der Waals surface area contributed by atoms with Crippen LogP contribution in [-0.4, -0.2) is 43.8 Å². The molecule has 1 fully saturated rings. The maximum atomic E-state index is 13.8. The van der Waals surface area contributed by atoms with E-state index in [0.29, 0.717) is 11.6 Å². The quantitative estimate of drug-likeness (QED) is 0.917. The van der Waals surface area contributed by atoms with Gasteiger partial charge in [-0.15, -0.1) is 0 Å². The molecule has 1 aliphatic heterocycles. The van der Waals surface area contributed by atoms with Gasteiger partial charge in [-0.2, -0.15) is 0 Å². The molecule has 1 aromatic rings. The molecule has 0 bridgehead atoms. The smallest absolute Gasteiger partial charge is 0.126 e. The predicted molar refractivity (Wildman–Crippen MR) is 79.4 cm³/mol. The second-order valence-electron chi connectivity index (χ2n) is 5.77. The molecular weight excluding hydrogens is 255 g/mol. The fourth-order valence-electron chi connectivity index (χ4n) is 2.74. The molecule has 0 aliphatic carbocycles. The third-order valence-corrected chi connectivity index (χ3v) is 4.09. The minimum absolute atomic E-state index is 0.0200. The van der Waals surface area contributed by atoms with Gasteiger partial charge in [-0.1, -0.05) is 12.1 Å². The monoisotopic (exact) mass is 280 g/mol. The Labute approximate surface area is 121 Å². The maximum Gasteiger partial charge on any atom is 0.126 e. The van der Waals surface area contributed by atoms with Crippen molar-refractivity contribution in [3.05, 3.63) is 35.1 Å². The topological polar surface area (TPSA) is 24.5 Å². The van der Waals surface area contributed by atoms with Crippen molar-refractivity contribution >= 4 is 0 Å². The first-order chi connectivity index (χ1) is 9.52. The summed E-state index contributed by atoms with van der Waals surface area (Å²) in [4.78, 5) is 2.41. The first-order valence-electron chi connectivity index (χ1n) is 7.32. The van der Waals surface area contributed by atoms with Gasteiger partial charge in [0.15, 0.2) is 0 Å². The third-order valence-electron chi connectivity index (χ3n) is 4.09. The Morgan fingerprint density at radius 2 is 2.15 bits per heavy atom. The van der Waals surface area contributed by atoms with Crippen LogP contribution < -0.4 is 5.32 Å². The van der Waals surface area contributed by atoms with E-state index in [-0.39, 0.29) is 18.0 Å². The molecule has 2 unspecified atom stereocenters. The van der Waals surface area contributed by atoms with Crippen molar-refractivity contribution in [1.82, 2.24) is 10.2 Å². The van der Waals surface area contributed by atoms with Crippen LogP contribution in [0.3, 0.4) is 0 Å². The highest BCUT2D eigenvalue weighted by Gasteiger charge is 2.29. The van der Waals surface area contributed by atoms with Crippen molar-refractivity contribution in [3.63, 3.8) is 0 Å². The SMILES string of the molecule is CNC(c1ccc(C)c(F)c1)C1CN(C(C)C)CCO1. The van der Waals surface area contributed by atoms with E-state index in [1.807, 2.05) is 19.2 Å². The zero-order valence-electron chi connectivity index (χ0n) is 12.8. The van der Waals surface area contributed by atoms with Crippen LogP contribution in [0, 0.1) is 12.7 Å². The molecule has 0 spiro atoms. The van der Waals surface area contributed by atoms with Crippen LogP contribution >= 0.6 is 0 Å². The zero-order chi connectivity index (χ0) is 14.7. The second kappa shape index (κ2) is 6.66. The first-order valence-corrected chi connectivity index (χ1v) is 7.32. The first kappa shape index (κ1) is 15.4. The van der Waals surface area contributed by atoms with Crippen molar-refractivity contribution in [2.24, 2.45) is 0 Å². The van der Waals surface area contributed by atoms with Crippen LogP contribution in [0.2, 0.25) is 0 Å². The van der Waals surface area contributed by atoms with E-state index in [9.17, 15) is 4.39 Å². The highest BCUT2D eigenvalue weighted by atomic mass is 19.1. The molecule has 2 rings (SSSR count). The largest absolute Gasteiger partial charge is 0.374 e. The number of hydrogen-bond donors (Lipinski definition) is 1. The molecule has 112 valence electrons. The summed E-state index contributed by atoms with van der Waals surface area (Å²) in [5.74, 6) is -0.153. The Morgan fingerprint density at radius 3 is 2.75 bits per heavy atom. The van der Waals surface area contributed by atoms with Gasteiger partial charge in [-0.25, -0.2) is 4.39 Å². The third kappa shape index (κ3) is 3.37. The molecule has 1 saturated heterocycles. The molecule has 3 nitrogen and oxygen atoms in total. The molecular formula is C16H25FN2O. The number of halogens is 1. The van der Waals surface area contributed by atoms with Crippen molar-refractivity contribution in [2.45, 2.75) is 39.0 Å². The second-order valence-corrected chi connectivity index (χ2v) is 5.77. The van der Waals surface area contributed by atoms with E-state index < -0.39 is 0 Å². The maximum absolute atomic E-state index is 13.8. The van der Waals surface area contributed by atoms with Crippen molar-refractivity contribution in [2.75, 3.05) is 26.7 Å². The lowest BCUT2D eigenvalue weighted by Gasteiger charge is -2.39. The molecule has 0 aromatic heterocycles. The summed E-state index contributed by atoms with van der Waals surface area (Å²) in [6.07, 6.45) is 0.0539. The Balaban J connectivity index is 2.16. The fraction of sp³-hybridized carbons (Fsp3) is 0.625. The number of aryl methyl sites for hydroxylation is 1. The van der Waals surface area contributed by atoms with Gasteiger partial charge in [0.05, 0.1) is 18.8 Å². The van der Waals surface area contributed by atoms with Gasteiger partial charge < -0.3 is 10.1 Å². The molecule has 0 radical (unpaired) electrons. The van der Waals surface area contributed by atoms with Gasteiger partial charge in [-0.3, -0.25) is 4.90 Å². The van der Waals surface area contributed by atoms with Crippen molar-refractivity contribution < 1.29 is 9.13 Å². The summed E-state index contributed by atoms with van der Waals surface area (Å²) in [7, 11) is 1.90. The molecule has 1 N–H and O–H groups in total. The number of benzene rings is 1. The van der Waals surface area contributed by atoms with E-state index in [4.69, 9.17) is 4.74 Å². The Hall–Kier alpha value is -0.970. The van der Waals surface area contributed by atoms with Crippen LogP contribution in [0.4, 0.5) is 4.39 Å². The highest BCUT2D eigenvalue weighted by molar-refractivity contribution is 5.26. The molecule has 0 amide bonds. The number of morpholine rings is 1. The van der Waals surface area contributed by atoms with Crippen molar-refractivity contribution in [3.8, 4) is 0 Å². The normalized spacial score (nSPS) is 22.2. The van der Waals surface area contributed by atoms with E-state index in [1.165, 1.54) is 0 Å². The molecule has 1 heterocycles. The summed E-state index contributed by atoms with van der Waals surface area (Å²) in [6, 6.07) is 5.96. The van der Waals surface area contributed by atoms with Crippen LogP contribution in [0.25, 0.3) is 0 Å². The number of ether oxygens (including phenoxy) is 1. The molecule has 0 saturated carbocycles. The van der Waals surface area contributed by atoms with Gasteiger partial charge in [0.25, 0.3) is 0 Å². The molecule has 1 aromatic carbocycles. The lowest BCUT2D eigenvalue weighted by atomic mass is 9.98. The average Bonchev–Trinajstić information content (AvgIpc) is 2.44. The molecule has 4 heteroatoms. The summed E-state index contributed by atoms with van der Waals surface area (Å²) in [6.45, 7) is 8.75. The number of rotatable bonds is 4. The summed E-state index contributed by atoms with van der Waals surface area (Å²) in [5, 5.41) is 3.28. The van der Waals surface area contributed by atoms with Gasteiger partial charge in [0, 0.05) is 19.1 Å². The number of hydrogen-bond acceptors (Lipinski definition) is 3. The van der Waals surface area contributed by atoms with Crippen LogP contribution in [0.15, 0.2) is 18.2 Å². The minimum Gasteiger partial charge on any atom is -0.374 e. The van der Waals surface area contributed by atoms with Crippen LogP contribution in [0.1, 0.15) is 31.0 Å². The standard InChI is InChI=1S/C16H25FN2O/c1-11(2)19-7-8-20-15(10-19)16(18-4)13-6-5-12(3)14(17)9-13/h5-6,9,11,15-16,18H,7-8,10H2,1-4H3. The number of likely N-dealkylation sites (N-methyl/N-ethyl adjacent to an activating group) is 1. The lowest BCUT2D eigenvalue weighted by molar-refractivity contribution is -0.0550. The molecule has 20 heavy (non-hydrogen) atoms. The average molecular weight is 280 g/mol. The number of nitrogens with one attached hydrogen (secondary N) is 1. The van der Waals surface area contributed by atoms with Gasteiger partial charge >= 0.3 is 0 Å². The van der Waals surface area contributed by atoms with Gasteiger partial charge in [0.2, 0.25) is 0 Å². The van der Waals surface area contributed by atoms with Gasteiger partial charge in [0.1, 0.15) is 5.82 Å². The lowest BCUT2D eigenvalue weighted by Crippen LogP contribution is -2.49. The summed E-state index contributed by atoms with van der Waals surface area (Å²) < 4.78 is 19.7. The van der Waals surface area contributed by atoms with E-state index in [2.05, 4.69) is 24.1 Å². The summed E-state index contributed by atoms with van der Waals surface area (Å²) >= 11 is 0. The Kier molecular flexibility index (Phi) is 5.13. The molecule has 1 aliphatic rings. The van der Waals surface area contributed by atoms with E-state index >= 15 is 0 Å². The van der Waals surface area contributed by atoms with Crippen LogP contribution in [-0.2, 0) is 4.74 Å². The predicted octanol–water partition coefficient (Wildman–Crippen LogP) is 2.50. The fourth-order valence-corrected chi connectivity index (χ4v) is 2.74. The van der Waals surface area contributed by atoms with Crippen LogP contribution in [0.5, 0.6) is 0 Å². The summed E-state index contributed by atoms with van der Waals surface area (Å²) in [5.41, 5.74) is 1.63. The minimum atomic E-state index is -0.153. The zero-order valence-corrected chi connectivity index (χ0v) is 12.8. The van der Waals surface area contributed by atoms with E-state index in [1.54, 1.807) is 13.0 Å². The Morgan fingerprint density at radius 1 is 1.40 bits per heavy atom. The van der Waals surface area contributed by atoms with Gasteiger partial charge in [-0.05, 0) is 45.0 Å². The number of nitrogens with zero attached hydrogens (tertiary/aromatic N) is 1. The van der Waals surface area contributed by atoms with Crippen molar-refractivity contribution in [1.29, 1.82) is 0 Å². The van der Waals surface area contributed by atoms with E-state index in [0.717, 1.165) is 25.3 Å². The molecule has 2 atom stereocenters.